The summed E-state index contributed by atoms with van der Waals surface area (Å²) >= 11 is 0. The van der Waals surface area contributed by atoms with Gasteiger partial charge in [0, 0.05) is 26.7 Å². The van der Waals surface area contributed by atoms with Crippen molar-refractivity contribution in [1.29, 1.82) is 0 Å². The molecule has 88 valence electrons. The number of methoxy groups -OCH3 is 1. The van der Waals surface area contributed by atoms with Crippen molar-refractivity contribution in [2.24, 2.45) is 0 Å². The van der Waals surface area contributed by atoms with Crippen LogP contribution in [0.3, 0.4) is 0 Å². The Morgan fingerprint density at radius 1 is 1.73 bits per heavy atom. The van der Waals surface area contributed by atoms with Crippen LogP contribution in [0.1, 0.15) is 13.3 Å². The molecular formula is C10H20N2O3. The zero-order chi connectivity index (χ0) is 11.3. The fraction of sp³-hybridized carbons (Fsp3) is 0.900. The lowest BCUT2D eigenvalue weighted by atomic mass is 10.3. The zero-order valence-electron chi connectivity index (χ0n) is 9.40. The third kappa shape index (κ3) is 3.77. The first kappa shape index (κ1) is 12.4. The molecule has 1 saturated heterocycles. The van der Waals surface area contributed by atoms with Crippen molar-refractivity contribution in [2.45, 2.75) is 25.5 Å². The van der Waals surface area contributed by atoms with Crippen molar-refractivity contribution in [3.8, 4) is 0 Å². The van der Waals surface area contributed by atoms with Gasteiger partial charge in [-0.05, 0) is 13.3 Å². The molecule has 1 rings (SSSR count). The molecule has 0 aromatic carbocycles. The second kappa shape index (κ2) is 6.05. The summed E-state index contributed by atoms with van der Waals surface area (Å²) < 4.78 is 4.85. The molecule has 0 aromatic rings. The Bertz CT molecular complexity index is 211. The summed E-state index contributed by atoms with van der Waals surface area (Å²) in [5, 5.41) is 12.1. The molecule has 2 unspecified atom stereocenters. The van der Waals surface area contributed by atoms with Crippen LogP contribution in [-0.2, 0) is 9.53 Å². The van der Waals surface area contributed by atoms with E-state index in [4.69, 9.17) is 4.74 Å². The van der Waals surface area contributed by atoms with Crippen molar-refractivity contribution in [3.05, 3.63) is 0 Å². The zero-order valence-corrected chi connectivity index (χ0v) is 9.40. The number of nitrogens with one attached hydrogen (secondary N) is 1. The van der Waals surface area contributed by atoms with Crippen LogP contribution in [-0.4, -0.2) is 61.4 Å². The number of carbonyl (C=O) groups excluding carboxylic acids is 1. The van der Waals surface area contributed by atoms with Gasteiger partial charge in [0.25, 0.3) is 0 Å². The molecule has 15 heavy (non-hydrogen) atoms. The molecule has 1 fully saturated rings. The SMILES string of the molecule is COCCNC(=O)C(C)N1CCC(O)C1. The molecule has 0 aromatic heterocycles. The first-order valence-corrected chi connectivity index (χ1v) is 5.34. The number of rotatable bonds is 5. The van der Waals surface area contributed by atoms with Gasteiger partial charge in [0.1, 0.15) is 0 Å². The molecule has 5 heteroatoms. The second-order valence-electron chi connectivity index (χ2n) is 3.90. The van der Waals surface area contributed by atoms with Crippen molar-refractivity contribution in [3.63, 3.8) is 0 Å². The van der Waals surface area contributed by atoms with E-state index < -0.39 is 0 Å². The van der Waals surface area contributed by atoms with Gasteiger partial charge in [0.2, 0.25) is 5.91 Å². The van der Waals surface area contributed by atoms with Gasteiger partial charge < -0.3 is 15.2 Å². The number of aliphatic hydroxyl groups is 1. The Balaban J connectivity index is 2.26. The van der Waals surface area contributed by atoms with E-state index in [9.17, 15) is 9.90 Å². The summed E-state index contributed by atoms with van der Waals surface area (Å²) in [6.07, 6.45) is 0.481. The smallest absolute Gasteiger partial charge is 0.237 e. The molecule has 1 aliphatic heterocycles. The summed E-state index contributed by atoms with van der Waals surface area (Å²) in [6.45, 7) is 4.32. The first-order valence-electron chi connectivity index (χ1n) is 5.34. The van der Waals surface area contributed by atoms with Crippen LogP contribution < -0.4 is 5.32 Å². The van der Waals surface area contributed by atoms with Crippen LogP contribution in [0.4, 0.5) is 0 Å². The molecule has 1 amide bonds. The molecular weight excluding hydrogens is 196 g/mol. The van der Waals surface area contributed by atoms with Gasteiger partial charge in [-0.25, -0.2) is 0 Å². The Morgan fingerprint density at radius 2 is 2.47 bits per heavy atom. The molecule has 2 atom stereocenters. The number of hydrogen-bond acceptors (Lipinski definition) is 4. The van der Waals surface area contributed by atoms with Crippen LogP contribution in [0.15, 0.2) is 0 Å². The van der Waals surface area contributed by atoms with E-state index in [2.05, 4.69) is 5.32 Å². The van der Waals surface area contributed by atoms with Crippen LogP contribution in [0.2, 0.25) is 0 Å². The molecule has 0 spiro atoms. The van der Waals surface area contributed by atoms with Gasteiger partial charge in [-0.1, -0.05) is 0 Å². The summed E-state index contributed by atoms with van der Waals surface area (Å²) in [7, 11) is 1.60. The van der Waals surface area contributed by atoms with Crippen LogP contribution in [0, 0.1) is 0 Å². The fourth-order valence-corrected chi connectivity index (χ4v) is 1.71. The molecule has 0 saturated carbocycles. The maximum Gasteiger partial charge on any atom is 0.237 e. The van der Waals surface area contributed by atoms with Gasteiger partial charge in [-0.2, -0.15) is 0 Å². The Kier molecular flexibility index (Phi) is 5.01. The third-order valence-corrected chi connectivity index (χ3v) is 2.73. The second-order valence-corrected chi connectivity index (χ2v) is 3.90. The largest absolute Gasteiger partial charge is 0.392 e. The minimum Gasteiger partial charge on any atom is -0.392 e. The molecule has 2 N–H and O–H groups in total. The Morgan fingerprint density at radius 3 is 3.00 bits per heavy atom. The van der Waals surface area contributed by atoms with Crippen molar-refractivity contribution < 1.29 is 14.6 Å². The number of β-amino-alcohol motifs (C(OH)–C–C–N with tert-alkyl or cyclic N) is 1. The predicted molar refractivity (Wildman–Crippen MR) is 56.5 cm³/mol. The molecule has 0 radical (unpaired) electrons. The number of nitrogens with zero attached hydrogens (tertiary/aromatic N) is 1. The average Bonchev–Trinajstić information content (AvgIpc) is 2.64. The summed E-state index contributed by atoms with van der Waals surface area (Å²) in [6, 6.07) is -0.168. The van der Waals surface area contributed by atoms with E-state index in [1.54, 1.807) is 7.11 Å². The highest BCUT2D eigenvalue weighted by molar-refractivity contribution is 5.81. The van der Waals surface area contributed by atoms with Crippen LogP contribution in [0.25, 0.3) is 0 Å². The van der Waals surface area contributed by atoms with Gasteiger partial charge in [-0.15, -0.1) is 0 Å². The highest BCUT2D eigenvalue weighted by Gasteiger charge is 2.27. The molecule has 1 heterocycles. The minimum absolute atomic E-state index is 0.00106. The maximum absolute atomic E-state index is 11.6. The van der Waals surface area contributed by atoms with Crippen molar-refractivity contribution in [1.82, 2.24) is 10.2 Å². The number of ether oxygens (including phenoxy) is 1. The predicted octanol–water partition coefficient (Wildman–Crippen LogP) is -0.796. The number of amides is 1. The number of hydrogen-bond donors (Lipinski definition) is 2. The average molecular weight is 216 g/mol. The topological polar surface area (TPSA) is 61.8 Å². The standard InChI is InChI=1S/C10H20N2O3/c1-8(10(14)11-4-6-15-2)12-5-3-9(13)7-12/h8-9,13H,3-7H2,1-2H3,(H,11,14). The molecule has 0 aliphatic carbocycles. The van der Waals surface area contributed by atoms with Gasteiger partial charge in [-0.3, -0.25) is 9.69 Å². The Labute approximate surface area is 90.4 Å². The summed E-state index contributed by atoms with van der Waals surface area (Å²) in [5.74, 6) is 0.00106. The quantitative estimate of drug-likeness (QED) is 0.591. The van der Waals surface area contributed by atoms with Gasteiger partial charge in [0.05, 0.1) is 18.8 Å². The summed E-state index contributed by atoms with van der Waals surface area (Å²) in [5.41, 5.74) is 0. The fourth-order valence-electron chi connectivity index (χ4n) is 1.71. The Hall–Kier alpha value is -0.650. The normalized spacial score (nSPS) is 24.1. The lowest BCUT2D eigenvalue weighted by molar-refractivity contribution is -0.125. The van der Waals surface area contributed by atoms with Crippen LogP contribution in [0.5, 0.6) is 0 Å². The first-order chi connectivity index (χ1) is 7.15. The van der Waals surface area contributed by atoms with E-state index in [0.717, 1.165) is 13.0 Å². The molecule has 5 nitrogen and oxygen atoms in total. The van der Waals surface area contributed by atoms with Crippen molar-refractivity contribution >= 4 is 5.91 Å². The highest BCUT2D eigenvalue weighted by atomic mass is 16.5. The lowest BCUT2D eigenvalue weighted by Crippen LogP contribution is -2.45. The van der Waals surface area contributed by atoms with Gasteiger partial charge in [0.15, 0.2) is 0 Å². The van der Waals surface area contributed by atoms with E-state index in [-0.39, 0.29) is 18.1 Å². The highest BCUT2D eigenvalue weighted by Crippen LogP contribution is 2.12. The number of likely N-dealkylation sites (tertiary alicyclic amines) is 1. The summed E-state index contributed by atoms with van der Waals surface area (Å²) in [4.78, 5) is 13.6. The molecule has 0 bridgehead atoms. The number of carbonyl (C=O) groups is 1. The van der Waals surface area contributed by atoms with Crippen LogP contribution >= 0.6 is 0 Å². The molecule has 1 aliphatic rings. The maximum atomic E-state index is 11.6. The van der Waals surface area contributed by atoms with E-state index in [1.165, 1.54) is 0 Å². The van der Waals surface area contributed by atoms with E-state index in [0.29, 0.717) is 19.7 Å². The van der Waals surface area contributed by atoms with Gasteiger partial charge >= 0.3 is 0 Å². The number of aliphatic hydroxyl groups excluding tert-OH is 1. The third-order valence-electron chi connectivity index (χ3n) is 2.73. The van der Waals surface area contributed by atoms with E-state index >= 15 is 0 Å². The monoisotopic (exact) mass is 216 g/mol. The minimum atomic E-state index is -0.278. The van der Waals surface area contributed by atoms with E-state index in [1.807, 2.05) is 11.8 Å². The van der Waals surface area contributed by atoms with Crippen molar-refractivity contribution in [2.75, 3.05) is 33.4 Å². The lowest BCUT2D eigenvalue weighted by Gasteiger charge is -2.22.